The summed E-state index contributed by atoms with van der Waals surface area (Å²) in [5.41, 5.74) is 0.172. The normalized spacial score (nSPS) is 27.9. The van der Waals surface area contributed by atoms with Crippen LogP contribution in [0, 0.1) is 5.92 Å². The molecule has 1 N–H and O–H groups in total. The molecule has 1 saturated heterocycles. The molecule has 0 aromatic heterocycles. The Bertz CT molecular complexity index is 303. The van der Waals surface area contributed by atoms with Crippen molar-refractivity contribution < 1.29 is 4.21 Å². The summed E-state index contributed by atoms with van der Waals surface area (Å²) in [6, 6.07) is 0. The molecule has 0 saturated carbocycles. The van der Waals surface area contributed by atoms with E-state index in [0.29, 0.717) is 5.92 Å². The van der Waals surface area contributed by atoms with Gasteiger partial charge in [-0.25, -0.2) is 4.31 Å². The Morgan fingerprint density at radius 3 is 2.53 bits per heavy atom. The monoisotopic (exact) mass is 232 g/mol. The molecule has 0 amide bonds. The third kappa shape index (κ3) is 4.53. The van der Waals surface area contributed by atoms with E-state index in [1.807, 2.05) is 4.31 Å². The molecule has 4 heteroatoms. The van der Waals surface area contributed by atoms with Crippen molar-refractivity contribution in [2.45, 2.75) is 32.7 Å². The quantitative estimate of drug-likeness (QED) is 0.735. The van der Waals surface area contributed by atoms with Gasteiger partial charge < -0.3 is 5.32 Å². The molecule has 3 nitrogen and oxygen atoms in total. The molecule has 2 unspecified atom stereocenters. The number of nitrogens with zero attached hydrogens (tertiary/aromatic N) is 1. The van der Waals surface area contributed by atoms with E-state index in [9.17, 15) is 4.21 Å². The molecule has 0 aromatic rings. The summed E-state index contributed by atoms with van der Waals surface area (Å²) in [5, 5.41) is 3.50. The molecule has 1 fully saturated rings. The third-order valence-corrected chi connectivity index (χ3v) is 4.14. The van der Waals surface area contributed by atoms with Crippen LogP contribution in [0.5, 0.6) is 0 Å². The van der Waals surface area contributed by atoms with Gasteiger partial charge in [0, 0.05) is 34.6 Å². The summed E-state index contributed by atoms with van der Waals surface area (Å²) in [6.45, 7) is 9.37. The van der Waals surface area contributed by atoms with E-state index >= 15 is 0 Å². The molecule has 0 spiro atoms. The van der Waals surface area contributed by atoms with Crippen molar-refractivity contribution in [3.8, 4) is 0 Å². The van der Waals surface area contributed by atoms with Crippen molar-refractivity contribution >= 4 is 15.6 Å². The summed E-state index contributed by atoms with van der Waals surface area (Å²) >= 11 is 0. The highest BCUT2D eigenvalue weighted by Crippen LogP contribution is 2.18. The predicted molar refractivity (Wildman–Crippen MR) is 68.6 cm³/mol. The van der Waals surface area contributed by atoms with Crippen LogP contribution in [0.3, 0.4) is 0 Å². The zero-order chi connectivity index (χ0) is 11.7. The second-order valence-electron chi connectivity index (χ2n) is 5.63. The minimum atomic E-state index is -1.98. The topological polar surface area (TPSA) is 32.3 Å². The van der Waals surface area contributed by atoms with E-state index < -0.39 is 9.71 Å². The molecular weight excluding hydrogens is 208 g/mol. The maximum absolute atomic E-state index is 11.7. The summed E-state index contributed by atoms with van der Waals surface area (Å²) in [5.74, 6) is 4.35. The van der Waals surface area contributed by atoms with Crippen molar-refractivity contribution in [1.82, 2.24) is 9.62 Å². The van der Waals surface area contributed by atoms with E-state index in [-0.39, 0.29) is 5.54 Å². The van der Waals surface area contributed by atoms with E-state index in [1.54, 1.807) is 6.26 Å². The van der Waals surface area contributed by atoms with E-state index in [1.165, 1.54) is 0 Å². The van der Waals surface area contributed by atoms with E-state index in [0.717, 1.165) is 26.1 Å². The highest BCUT2D eigenvalue weighted by Gasteiger charge is 2.26. The van der Waals surface area contributed by atoms with Crippen molar-refractivity contribution in [2.75, 3.05) is 25.9 Å². The molecule has 0 aromatic carbocycles. The summed E-state index contributed by atoms with van der Waals surface area (Å²) in [6.07, 6.45) is 2.86. The van der Waals surface area contributed by atoms with Gasteiger partial charge in [-0.3, -0.25) is 4.21 Å². The Morgan fingerprint density at radius 1 is 1.53 bits per heavy atom. The summed E-state index contributed by atoms with van der Waals surface area (Å²) in [7, 11) is -1.98. The lowest BCUT2D eigenvalue weighted by atomic mass is 10.1. The van der Waals surface area contributed by atoms with Gasteiger partial charge in [0.2, 0.25) is 0 Å². The maximum Gasteiger partial charge on any atom is 0.0245 e. The molecule has 0 aliphatic carbocycles. The summed E-state index contributed by atoms with van der Waals surface area (Å²) in [4.78, 5) is 0. The fourth-order valence-electron chi connectivity index (χ4n) is 1.77. The third-order valence-electron chi connectivity index (χ3n) is 2.72. The number of hydrogen-bond acceptors (Lipinski definition) is 2. The molecule has 1 aliphatic heterocycles. The Balaban J connectivity index is 2.38. The molecular formula is C11H24N2OS. The highest BCUT2D eigenvalue weighted by atomic mass is 32.2. The second-order valence-corrected chi connectivity index (χ2v) is 8.07. The van der Waals surface area contributed by atoms with Crippen molar-refractivity contribution in [1.29, 1.82) is 0 Å². The van der Waals surface area contributed by atoms with Crippen LogP contribution in [0.1, 0.15) is 27.2 Å². The van der Waals surface area contributed by atoms with Crippen LogP contribution in [0.2, 0.25) is 0 Å². The fourth-order valence-corrected chi connectivity index (χ4v) is 2.78. The van der Waals surface area contributed by atoms with Gasteiger partial charge >= 0.3 is 0 Å². The van der Waals surface area contributed by atoms with Crippen LogP contribution in [-0.2, 0) is 9.71 Å². The first-order valence-electron chi connectivity index (χ1n) is 5.51. The molecule has 0 radical (unpaired) electrons. The number of rotatable bonds is 3. The second kappa shape index (κ2) is 4.44. The van der Waals surface area contributed by atoms with E-state index in [4.69, 9.17) is 0 Å². The Morgan fingerprint density at radius 2 is 2.13 bits per heavy atom. The zero-order valence-corrected chi connectivity index (χ0v) is 11.2. The van der Waals surface area contributed by atoms with Crippen LogP contribution in [0.4, 0.5) is 0 Å². The first-order valence-corrected chi connectivity index (χ1v) is 7.60. The average molecular weight is 232 g/mol. The van der Waals surface area contributed by atoms with Gasteiger partial charge in [-0.05, 0) is 45.5 Å². The largest absolute Gasteiger partial charge is 0.312 e. The summed E-state index contributed by atoms with van der Waals surface area (Å²) < 4.78 is 13.7. The van der Waals surface area contributed by atoms with Crippen LogP contribution in [0.15, 0.2) is 0 Å². The lowest BCUT2D eigenvalue weighted by Gasteiger charge is -2.23. The van der Waals surface area contributed by atoms with Crippen LogP contribution in [0.25, 0.3) is 0 Å². The van der Waals surface area contributed by atoms with Gasteiger partial charge in [0.1, 0.15) is 0 Å². The molecule has 90 valence electrons. The molecule has 0 bridgehead atoms. The molecule has 15 heavy (non-hydrogen) atoms. The van der Waals surface area contributed by atoms with Crippen molar-refractivity contribution in [3.63, 3.8) is 0 Å². The SMILES string of the molecule is C=S(C)(=O)N1CCC(CNC(C)(C)C)C1. The van der Waals surface area contributed by atoms with Crippen LogP contribution in [-0.4, -0.2) is 45.8 Å². The molecule has 1 heterocycles. The first kappa shape index (κ1) is 13.0. The standard InChI is InChI=1S/C11H24N2OS/c1-11(2,3)12-8-10-6-7-13(9-10)15(4,5)14/h10,12H,4,6-9H2,1-3,5H3. The van der Waals surface area contributed by atoms with Crippen LogP contribution < -0.4 is 5.32 Å². The first-order chi connectivity index (χ1) is 6.68. The minimum Gasteiger partial charge on any atom is -0.312 e. The van der Waals surface area contributed by atoms with Crippen molar-refractivity contribution in [2.24, 2.45) is 5.92 Å². The Kier molecular flexibility index (Phi) is 3.85. The minimum absolute atomic E-state index is 0.172. The lowest BCUT2D eigenvalue weighted by Crippen LogP contribution is -2.40. The average Bonchev–Trinajstić information content (AvgIpc) is 2.45. The van der Waals surface area contributed by atoms with Crippen molar-refractivity contribution in [3.05, 3.63) is 0 Å². The van der Waals surface area contributed by atoms with Gasteiger partial charge in [-0.15, -0.1) is 0 Å². The number of hydrogen-bond donors (Lipinski definition) is 1. The fraction of sp³-hybridized carbons (Fsp3) is 0.909. The van der Waals surface area contributed by atoms with Gasteiger partial charge in [-0.2, -0.15) is 0 Å². The van der Waals surface area contributed by atoms with Crippen LogP contribution >= 0.6 is 0 Å². The number of nitrogens with one attached hydrogen (secondary N) is 1. The van der Waals surface area contributed by atoms with Gasteiger partial charge in [0.05, 0.1) is 0 Å². The molecule has 2 atom stereocenters. The smallest absolute Gasteiger partial charge is 0.0245 e. The predicted octanol–water partition coefficient (Wildman–Crippen LogP) is 0.958. The zero-order valence-electron chi connectivity index (χ0n) is 10.4. The lowest BCUT2D eigenvalue weighted by molar-refractivity contribution is 0.375. The maximum atomic E-state index is 11.7. The highest BCUT2D eigenvalue weighted by molar-refractivity contribution is 7.97. The Labute approximate surface area is 94.4 Å². The van der Waals surface area contributed by atoms with Gasteiger partial charge in [0.25, 0.3) is 0 Å². The Hall–Kier alpha value is -0.0600. The van der Waals surface area contributed by atoms with Gasteiger partial charge in [0.15, 0.2) is 0 Å². The van der Waals surface area contributed by atoms with Gasteiger partial charge in [-0.1, -0.05) is 0 Å². The molecule has 1 aliphatic rings. The molecule has 1 rings (SSSR count). The van der Waals surface area contributed by atoms with E-state index in [2.05, 4.69) is 32.0 Å².